The molecule has 1 aromatic heterocycles. The number of amides is 3. The van der Waals surface area contributed by atoms with Crippen LogP contribution >= 0.6 is 34.5 Å². The van der Waals surface area contributed by atoms with Gasteiger partial charge in [-0.15, -0.1) is 11.3 Å². The third kappa shape index (κ3) is 5.36. The second-order valence-corrected chi connectivity index (χ2v) is 9.69. The quantitative estimate of drug-likeness (QED) is 0.387. The molecule has 0 saturated carbocycles. The van der Waals surface area contributed by atoms with Gasteiger partial charge in [-0.25, -0.2) is 9.59 Å². The van der Waals surface area contributed by atoms with Crippen LogP contribution in [0.2, 0.25) is 10.0 Å². The lowest BCUT2D eigenvalue weighted by Gasteiger charge is -2.21. The number of hydrogen-bond donors (Lipinski definition) is 4. The molecule has 32 heavy (non-hydrogen) atoms. The SMILES string of the molecule is CC[C@H](C)C(NC(=O)c1c(NC(=O)Nc2c(Cl)cccc2Cl)sc2c1CCCC2)C(=O)O. The zero-order valence-electron chi connectivity index (χ0n) is 17.8. The number of nitrogens with one attached hydrogen (secondary N) is 3. The van der Waals surface area contributed by atoms with Gasteiger partial charge in [0.25, 0.3) is 5.91 Å². The van der Waals surface area contributed by atoms with Crippen LogP contribution in [0.3, 0.4) is 0 Å². The highest BCUT2D eigenvalue weighted by Crippen LogP contribution is 2.38. The maximum absolute atomic E-state index is 13.2. The molecule has 0 saturated heterocycles. The van der Waals surface area contributed by atoms with Gasteiger partial charge in [-0.05, 0) is 49.3 Å². The molecule has 0 bridgehead atoms. The van der Waals surface area contributed by atoms with Gasteiger partial charge in [0, 0.05) is 4.88 Å². The van der Waals surface area contributed by atoms with E-state index in [1.54, 1.807) is 25.1 Å². The minimum Gasteiger partial charge on any atom is -0.480 e. The van der Waals surface area contributed by atoms with Gasteiger partial charge in [0.1, 0.15) is 11.0 Å². The van der Waals surface area contributed by atoms with Crippen LogP contribution in [0.25, 0.3) is 0 Å². The molecule has 0 radical (unpaired) electrons. The maximum atomic E-state index is 13.2. The molecule has 0 aliphatic heterocycles. The summed E-state index contributed by atoms with van der Waals surface area (Å²) >= 11 is 13.6. The number of hydrogen-bond acceptors (Lipinski definition) is 4. The van der Waals surface area contributed by atoms with Gasteiger partial charge in [-0.2, -0.15) is 0 Å². The van der Waals surface area contributed by atoms with Crippen molar-refractivity contribution < 1.29 is 19.5 Å². The molecule has 2 aromatic rings. The number of carboxylic acid groups (broad SMARTS) is 1. The molecular formula is C22H25Cl2N3O4S. The first kappa shape index (κ1) is 24.4. The summed E-state index contributed by atoms with van der Waals surface area (Å²) in [5.74, 6) is -1.83. The number of halogens is 2. The molecule has 3 amide bonds. The van der Waals surface area contributed by atoms with E-state index in [0.717, 1.165) is 29.7 Å². The molecule has 1 heterocycles. The normalized spacial score (nSPS) is 14.8. The molecule has 4 N–H and O–H groups in total. The molecule has 3 rings (SSSR count). The smallest absolute Gasteiger partial charge is 0.326 e. The Morgan fingerprint density at radius 3 is 2.41 bits per heavy atom. The summed E-state index contributed by atoms with van der Waals surface area (Å²) in [5.41, 5.74) is 1.47. The zero-order chi connectivity index (χ0) is 23.4. The van der Waals surface area contributed by atoms with Crippen molar-refractivity contribution in [3.63, 3.8) is 0 Å². The lowest BCUT2D eigenvalue weighted by atomic mass is 9.94. The molecular weight excluding hydrogens is 473 g/mol. The van der Waals surface area contributed by atoms with Gasteiger partial charge in [0.2, 0.25) is 0 Å². The van der Waals surface area contributed by atoms with E-state index < -0.39 is 23.9 Å². The Morgan fingerprint density at radius 1 is 1.12 bits per heavy atom. The fraction of sp³-hybridized carbons (Fsp3) is 0.409. The van der Waals surface area contributed by atoms with Crippen molar-refractivity contribution in [3.05, 3.63) is 44.2 Å². The van der Waals surface area contributed by atoms with E-state index in [1.807, 2.05) is 6.92 Å². The van der Waals surface area contributed by atoms with Crippen LogP contribution in [0.4, 0.5) is 15.5 Å². The van der Waals surface area contributed by atoms with E-state index in [4.69, 9.17) is 23.2 Å². The van der Waals surface area contributed by atoms with Crippen molar-refractivity contribution in [2.75, 3.05) is 10.6 Å². The van der Waals surface area contributed by atoms with Crippen molar-refractivity contribution in [1.82, 2.24) is 5.32 Å². The van der Waals surface area contributed by atoms with E-state index in [-0.39, 0.29) is 21.7 Å². The molecule has 7 nitrogen and oxygen atoms in total. The number of benzene rings is 1. The van der Waals surface area contributed by atoms with E-state index in [2.05, 4.69) is 16.0 Å². The number of carbonyl (C=O) groups is 3. The van der Waals surface area contributed by atoms with Gasteiger partial charge in [0.15, 0.2) is 0 Å². The molecule has 2 atom stereocenters. The molecule has 0 spiro atoms. The minimum absolute atomic E-state index is 0.243. The standard InChI is InChI=1S/C22H25Cl2N3O4S/c1-3-11(2)17(21(29)30)25-19(28)16-12-7-4-5-10-15(12)32-20(16)27-22(31)26-18-13(23)8-6-9-14(18)24/h6,8-9,11,17H,3-5,7,10H2,1-2H3,(H,25,28)(H,29,30)(H2,26,27,31)/t11-,17?/m0/s1. The average Bonchev–Trinajstić information content (AvgIpc) is 3.11. The maximum Gasteiger partial charge on any atom is 0.326 e. The first-order valence-electron chi connectivity index (χ1n) is 10.4. The van der Waals surface area contributed by atoms with Crippen LogP contribution < -0.4 is 16.0 Å². The zero-order valence-corrected chi connectivity index (χ0v) is 20.1. The van der Waals surface area contributed by atoms with Crippen molar-refractivity contribution in [3.8, 4) is 0 Å². The number of carboxylic acids is 1. The topological polar surface area (TPSA) is 108 Å². The van der Waals surface area contributed by atoms with Gasteiger partial charge in [-0.1, -0.05) is 49.5 Å². The highest BCUT2D eigenvalue weighted by molar-refractivity contribution is 7.17. The first-order chi connectivity index (χ1) is 15.2. The summed E-state index contributed by atoms with van der Waals surface area (Å²) in [6.07, 6.45) is 4.05. The lowest BCUT2D eigenvalue weighted by Crippen LogP contribution is -2.45. The second kappa shape index (κ2) is 10.6. The Bertz CT molecular complexity index is 1020. The fourth-order valence-electron chi connectivity index (χ4n) is 3.66. The van der Waals surface area contributed by atoms with Crippen molar-refractivity contribution in [2.24, 2.45) is 5.92 Å². The first-order valence-corrected chi connectivity index (χ1v) is 12.0. The highest BCUT2D eigenvalue weighted by Gasteiger charge is 2.31. The number of urea groups is 1. The fourth-order valence-corrected chi connectivity index (χ4v) is 5.43. The summed E-state index contributed by atoms with van der Waals surface area (Å²) in [4.78, 5) is 38.6. The minimum atomic E-state index is -1.09. The lowest BCUT2D eigenvalue weighted by molar-refractivity contribution is -0.140. The Labute approximate surface area is 200 Å². The van der Waals surface area contributed by atoms with Gasteiger partial charge in [-0.3, -0.25) is 10.1 Å². The molecule has 1 aromatic carbocycles. The highest BCUT2D eigenvalue weighted by atomic mass is 35.5. The van der Waals surface area contributed by atoms with Crippen molar-refractivity contribution >= 4 is 63.1 Å². The van der Waals surface area contributed by atoms with Gasteiger partial charge >= 0.3 is 12.0 Å². The number of thiophene rings is 1. The number of fused-ring (bicyclic) bond motifs is 1. The van der Waals surface area contributed by atoms with E-state index in [9.17, 15) is 19.5 Å². The monoisotopic (exact) mass is 497 g/mol. The Balaban J connectivity index is 1.88. The number of anilines is 2. The number of aryl methyl sites for hydroxylation is 1. The Kier molecular flexibility index (Phi) is 8.03. The second-order valence-electron chi connectivity index (χ2n) is 7.77. The van der Waals surface area contributed by atoms with E-state index >= 15 is 0 Å². The Hall–Kier alpha value is -2.29. The largest absolute Gasteiger partial charge is 0.480 e. The Morgan fingerprint density at radius 2 is 1.78 bits per heavy atom. The van der Waals surface area contributed by atoms with Crippen LogP contribution in [-0.4, -0.2) is 29.1 Å². The molecule has 10 heteroatoms. The third-order valence-electron chi connectivity index (χ3n) is 5.59. The van der Waals surface area contributed by atoms with Crippen LogP contribution in [0, 0.1) is 5.92 Å². The van der Waals surface area contributed by atoms with Crippen LogP contribution in [0.15, 0.2) is 18.2 Å². The molecule has 0 fully saturated rings. The molecule has 1 unspecified atom stereocenters. The number of rotatable bonds is 7. The number of carbonyl (C=O) groups excluding carboxylic acids is 2. The van der Waals surface area contributed by atoms with Crippen molar-refractivity contribution in [2.45, 2.75) is 52.0 Å². The number of aliphatic carboxylic acids is 1. The predicted octanol–water partition coefficient (Wildman–Crippen LogP) is 5.81. The summed E-state index contributed by atoms with van der Waals surface area (Å²) in [7, 11) is 0. The number of para-hydroxylation sites is 1. The average molecular weight is 498 g/mol. The predicted molar refractivity (Wildman–Crippen MR) is 128 cm³/mol. The van der Waals surface area contributed by atoms with E-state index in [0.29, 0.717) is 23.4 Å². The van der Waals surface area contributed by atoms with Gasteiger partial charge in [0.05, 0.1) is 21.3 Å². The third-order valence-corrected chi connectivity index (χ3v) is 7.43. The molecule has 1 aliphatic carbocycles. The summed E-state index contributed by atoms with van der Waals surface area (Å²) in [6.45, 7) is 3.65. The summed E-state index contributed by atoms with van der Waals surface area (Å²) < 4.78 is 0. The summed E-state index contributed by atoms with van der Waals surface area (Å²) in [5, 5.41) is 18.5. The van der Waals surface area contributed by atoms with E-state index in [1.165, 1.54) is 11.3 Å². The van der Waals surface area contributed by atoms with Crippen LogP contribution in [0.5, 0.6) is 0 Å². The molecule has 1 aliphatic rings. The summed E-state index contributed by atoms with van der Waals surface area (Å²) in [6, 6.07) is 3.26. The van der Waals surface area contributed by atoms with Crippen LogP contribution in [0.1, 0.15) is 53.9 Å². The van der Waals surface area contributed by atoms with Crippen LogP contribution in [-0.2, 0) is 17.6 Å². The van der Waals surface area contributed by atoms with Gasteiger partial charge < -0.3 is 15.7 Å². The van der Waals surface area contributed by atoms with Crippen molar-refractivity contribution in [1.29, 1.82) is 0 Å². The molecule has 172 valence electrons.